The van der Waals surface area contributed by atoms with Gasteiger partial charge in [-0.1, -0.05) is 6.92 Å². The van der Waals surface area contributed by atoms with E-state index in [1.807, 2.05) is 55.1 Å². The third kappa shape index (κ3) is 5.00. The van der Waals surface area contributed by atoms with Crippen molar-refractivity contribution in [2.45, 2.75) is 58.6 Å². The van der Waals surface area contributed by atoms with Crippen LogP contribution < -0.4 is 10.1 Å². The Morgan fingerprint density at radius 1 is 1.22 bits per heavy atom. The van der Waals surface area contributed by atoms with E-state index in [2.05, 4.69) is 17.2 Å². The normalized spacial score (nSPS) is 17.0. The van der Waals surface area contributed by atoms with Gasteiger partial charge in [-0.05, 0) is 75.9 Å². The summed E-state index contributed by atoms with van der Waals surface area (Å²) >= 11 is 0. The zero-order chi connectivity index (χ0) is 19.2. The predicted molar refractivity (Wildman–Crippen MR) is 109 cm³/mol. The van der Waals surface area contributed by atoms with Crippen LogP contribution in [0.4, 0.5) is 11.5 Å². The van der Waals surface area contributed by atoms with E-state index in [-0.39, 0.29) is 12.0 Å². The molecule has 1 aliphatic rings. The van der Waals surface area contributed by atoms with Crippen molar-refractivity contribution >= 4 is 17.4 Å². The highest BCUT2D eigenvalue weighted by atomic mass is 16.5. The first-order valence-corrected chi connectivity index (χ1v) is 9.87. The SMILES string of the molecule is CCC1CCCCN1C(=O)c1ccc(Nc2ccc(OC(C)C)cc2)nc1. The Hall–Kier alpha value is -2.56. The molecule has 0 bridgehead atoms. The van der Waals surface area contributed by atoms with E-state index >= 15 is 0 Å². The van der Waals surface area contributed by atoms with Crippen LogP contribution in [0.15, 0.2) is 42.6 Å². The topological polar surface area (TPSA) is 54.5 Å². The monoisotopic (exact) mass is 367 g/mol. The molecule has 1 atom stereocenters. The predicted octanol–water partition coefficient (Wildman–Crippen LogP) is 5.02. The molecular formula is C22H29N3O2. The van der Waals surface area contributed by atoms with Gasteiger partial charge in [-0.3, -0.25) is 4.79 Å². The fraction of sp³-hybridized carbons (Fsp3) is 0.455. The summed E-state index contributed by atoms with van der Waals surface area (Å²) in [4.78, 5) is 19.3. The van der Waals surface area contributed by atoms with E-state index < -0.39 is 0 Å². The molecule has 0 aliphatic carbocycles. The molecule has 0 radical (unpaired) electrons. The lowest BCUT2D eigenvalue weighted by Crippen LogP contribution is -2.43. The molecule has 5 heteroatoms. The van der Waals surface area contributed by atoms with Crippen LogP contribution in [0.1, 0.15) is 56.8 Å². The smallest absolute Gasteiger partial charge is 0.255 e. The van der Waals surface area contributed by atoms with Gasteiger partial charge in [0, 0.05) is 24.5 Å². The minimum absolute atomic E-state index is 0.0933. The number of amides is 1. The molecule has 2 heterocycles. The number of benzene rings is 1. The van der Waals surface area contributed by atoms with Crippen molar-refractivity contribution in [3.8, 4) is 5.75 Å². The Balaban J connectivity index is 1.63. The standard InChI is InChI=1S/C22H29N3O2/c1-4-19-7-5-6-14-25(19)22(26)17-8-13-21(23-15-17)24-18-9-11-20(12-10-18)27-16(2)3/h8-13,15-16,19H,4-7,14H2,1-3H3,(H,23,24). The molecule has 5 nitrogen and oxygen atoms in total. The Labute approximate surface area is 161 Å². The molecule has 1 saturated heterocycles. The van der Waals surface area contributed by atoms with E-state index in [1.165, 1.54) is 6.42 Å². The molecule has 27 heavy (non-hydrogen) atoms. The van der Waals surface area contributed by atoms with Crippen molar-refractivity contribution in [1.82, 2.24) is 9.88 Å². The number of likely N-dealkylation sites (tertiary alicyclic amines) is 1. The molecule has 1 fully saturated rings. The van der Waals surface area contributed by atoms with E-state index in [1.54, 1.807) is 6.20 Å². The number of hydrogen-bond donors (Lipinski definition) is 1. The summed E-state index contributed by atoms with van der Waals surface area (Å²) in [7, 11) is 0. The van der Waals surface area contributed by atoms with Crippen LogP contribution in [0.25, 0.3) is 0 Å². The first-order chi connectivity index (χ1) is 13.1. The summed E-state index contributed by atoms with van der Waals surface area (Å²) in [5.41, 5.74) is 1.58. The zero-order valence-corrected chi connectivity index (χ0v) is 16.4. The largest absolute Gasteiger partial charge is 0.491 e. The number of anilines is 2. The number of aromatic nitrogens is 1. The van der Waals surface area contributed by atoms with Crippen LogP contribution in [-0.4, -0.2) is 34.5 Å². The number of pyridine rings is 1. The molecule has 144 valence electrons. The van der Waals surface area contributed by atoms with Gasteiger partial charge < -0.3 is 15.0 Å². The summed E-state index contributed by atoms with van der Waals surface area (Å²) in [6.45, 7) is 7.01. The number of hydrogen-bond acceptors (Lipinski definition) is 4. The Morgan fingerprint density at radius 2 is 2.00 bits per heavy atom. The third-order valence-corrected chi connectivity index (χ3v) is 4.87. The van der Waals surface area contributed by atoms with E-state index in [0.717, 1.165) is 43.1 Å². The first kappa shape index (κ1) is 19.2. The number of nitrogens with one attached hydrogen (secondary N) is 1. The van der Waals surface area contributed by atoms with Gasteiger partial charge in [0.05, 0.1) is 11.7 Å². The summed E-state index contributed by atoms with van der Waals surface area (Å²) < 4.78 is 5.65. The van der Waals surface area contributed by atoms with Crippen molar-refractivity contribution in [2.75, 3.05) is 11.9 Å². The zero-order valence-electron chi connectivity index (χ0n) is 16.4. The van der Waals surface area contributed by atoms with Crippen molar-refractivity contribution in [2.24, 2.45) is 0 Å². The molecule has 1 aromatic carbocycles. The summed E-state index contributed by atoms with van der Waals surface area (Å²) in [5, 5.41) is 3.26. The highest BCUT2D eigenvalue weighted by molar-refractivity contribution is 5.94. The van der Waals surface area contributed by atoms with Gasteiger partial charge in [0.15, 0.2) is 0 Å². The molecule has 1 N–H and O–H groups in total. The second-order valence-corrected chi connectivity index (χ2v) is 7.30. The quantitative estimate of drug-likeness (QED) is 0.779. The minimum Gasteiger partial charge on any atom is -0.491 e. The Bertz CT molecular complexity index is 741. The summed E-state index contributed by atoms with van der Waals surface area (Å²) in [6.07, 6.45) is 6.24. The van der Waals surface area contributed by atoms with E-state index in [4.69, 9.17) is 4.74 Å². The molecule has 0 saturated carbocycles. The maximum Gasteiger partial charge on any atom is 0.255 e. The van der Waals surface area contributed by atoms with Gasteiger partial charge in [0.2, 0.25) is 0 Å². The molecule has 1 aliphatic heterocycles. The minimum atomic E-state index is 0.0933. The maximum atomic E-state index is 12.8. The Kier molecular flexibility index (Phi) is 6.32. The maximum absolute atomic E-state index is 12.8. The van der Waals surface area contributed by atoms with Gasteiger partial charge in [-0.2, -0.15) is 0 Å². The van der Waals surface area contributed by atoms with Crippen LogP contribution in [-0.2, 0) is 0 Å². The number of piperidine rings is 1. The lowest BCUT2D eigenvalue weighted by atomic mass is 9.99. The lowest BCUT2D eigenvalue weighted by molar-refractivity contribution is 0.0607. The number of carbonyl (C=O) groups excluding carboxylic acids is 1. The highest BCUT2D eigenvalue weighted by Crippen LogP contribution is 2.23. The molecular weight excluding hydrogens is 338 g/mol. The second kappa shape index (κ2) is 8.89. The molecule has 2 aromatic rings. The van der Waals surface area contributed by atoms with Crippen LogP contribution in [0, 0.1) is 0 Å². The second-order valence-electron chi connectivity index (χ2n) is 7.30. The average molecular weight is 367 g/mol. The van der Waals surface area contributed by atoms with Crippen molar-refractivity contribution < 1.29 is 9.53 Å². The molecule has 1 aromatic heterocycles. The highest BCUT2D eigenvalue weighted by Gasteiger charge is 2.26. The van der Waals surface area contributed by atoms with Crippen LogP contribution in [0.2, 0.25) is 0 Å². The van der Waals surface area contributed by atoms with Crippen molar-refractivity contribution in [1.29, 1.82) is 0 Å². The van der Waals surface area contributed by atoms with Crippen LogP contribution >= 0.6 is 0 Å². The third-order valence-electron chi connectivity index (χ3n) is 4.87. The molecule has 1 unspecified atom stereocenters. The van der Waals surface area contributed by atoms with E-state index in [0.29, 0.717) is 11.6 Å². The van der Waals surface area contributed by atoms with Gasteiger partial charge >= 0.3 is 0 Å². The van der Waals surface area contributed by atoms with Gasteiger partial charge in [0.1, 0.15) is 11.6 Å². The Morgan fingerprint density at radius 3 is 2.63 bits per heavy atom. The molecule has 1 amide bonds. The molecule has 3 rings (SSSR count). The summed E-state index contributed by atoms with van der Waals surface area (Å²) in [6, 6.07) is 11.8. The number of nitrogens with zero attached hydrogens (tertiary/aromatic N) is 2. The van der Waals surface area contributed by atoms with Gasteiger partial charge in [-0.25, -0.2) is 4.98 Å². The van der Waals surface area contributed by atoms with E-state index in [9.17, 15) is 4.79 Å². The van der Waals surface area contributed by atoms with Crippen molar-refractivity contribution in [3.05, 3.63) is 48.2 Å². The average Bonchev–Trinajstić information content (AvgIpc) is 2.69. The summed E-state index contributed by atoms with van der Waals surface area (Å²) in [5.74, 6) is 1.65. The number of carbonyl (C=O) groups is 1. The van der Waals surface area contributed by atoms with Crippen molar-refractivity contribution in [3.63, 3.8) is 0 Å². The number of rotatable bonds is 6. The molecule has 0 spiro atoms. The lowest BCUT2D eigenvalue weighted by Gasteiger charge is -2.35. The van der Waals surface area contributed by atoms with Crippen LogP contribution in [0.5, 0.6) is 5.75 Å². The van der Waals surface area contributed by atoms with Gasteiger partial charge in [-0.15, -0.1) is 0 Å². The fourth-order valence-corrected chi connectivity index (χ4v) is 3.49. The van der Waals surface area contributed by atoms with Gasteiger partial charge in [0.25, 0.3) is 5.91 Å². The number of ether oxygens (including phenoxy) is 1. The fourth-order valence-electron chi connectivity index (χ4n) is 3.49. The first-order valence-electron chi connectivity index (χ1n) is 9.87. The van der Waals surface area contributed by atoms with Crippen LogP contribution in [0.3, 0.4) is 0 Å².